The maximum absolute atomic E-state index is 13.3. The molecular weight excluding hydrogens is 358 g/mol. The van der Waals surface area contributed by atoms with Crippen LogP contribution in [0, 0.1) is 11.8 Å². The van der Waals surface area contributed by atoms with Crippen LogP contribution in [0.4, 0.5) is 0 Å². The van der Waals surface area contributed by atoms with E-state index in [-0.39, 0.29) is 12.0 Å². The highest BCUT2D eigenvalue weighted by Gasteiger charge is 2.67. The van der Waals surface area contributed by atoms with E-state index < -0.39 is 23.4 Å². The lowest BCUT2D eigenvalue weighted by molar-refractivity contribution is -0.166. The van der Waals surface area contributed by atoms with Gasteiger partial charge in [-0.15, -0.1) is 0 Å². The molecule has 28 heavy (non-hydrogen) atoms. The number of esters is 2. The summed E-state index contributed by atoms with van der Waals surface area (Å²) >= 11 is 0. The van der Waals surface area contributed by atoms with Crippen molar-refractivity contribution in [2.75, 3.05) is 27.9 Å². The zero-order valence-corrected chi connectivity index (χ0v) is 16.1. The van der Waals surface area contributed by atoms with Gasteiger partial charge in [0.1, 0.15) is 5.75 Å². The second-order valence-electron chi connectivity index (χ2n) is 7.19. The fourth-order valence-electron chi connectivity index (χ4n) is 4.98. The number of benzene rings is 2. The average Bonchev–Trinajstić information content (AvgIpc) is 3.03. The standard InChI is InChI=1S/C22H23NO5/c1-23-19-15-11-7-8-12-17(15)28-13-16(19)18(20(24)26-2)22(23,21(25)27-3)14-9-5-4-6-10-14/h4-12,16,18-19H,13H2,1-3H3. The van der Waals surface area contributed by atoms with Gasteiger partial charge in [-0.1, -0.05) is 48.5 Å². The number of carbonyl (C=O) groups excluding carboxylic acids is 2. The first-order chi connectivity index (χ1) is 13.6. The Kier molecular flexibility index (Phi) is 4.59. The molecule has 0 N–H and O–H groups in total. The van der Waals surface area contributed by atoms with Crippen molar-refractivity contribution in [1.82, 2.24) is 4.90 Å². The van der Waals surface area contributed by atoms with Crippen LogP contribution in [0.25, 0.3) is 0 Å². The number of para-hydroxylation sites is 1. The summed E-state index contributed by atoms with van der Waals surface area (Å²) in [6.07, 6.45) is 0. The molecule has 2 aliphatic rings. The Morgan fingerprint density at radius 1 is 1.04 bits per heavy atom. The topological polar surface area (TPSA) is 65.1 Å². The minimum absolute atomic E-state index is 0.187. The SMILES string of the molecule is COC(=O)C1C2COc3ccccc3C2N(C)C1(C(=O)OC)c1ccccc1. The van der Waals surface area contributed by atoms with Gasteiger partial charge in [0.2, 0.25) is 0 Å². The van der Waals surface area contributed by atoms with Gasteiger partial charge in [0.15, 0.2) is 5.54 Å². The smallest absolute Gasteiger partial charge is 0.331 e. The molecule has 2 aromatic carbocycles. The first-order valence-corrected chi connectivity index (χ1v) is 9.23. The van der Waals surface area contributed by atoms with Crippen molar-refractivity contribution in [2.24, 2.45) is 11.8 Å². The van der Waals surface area contributed by atoms with Crippen molar-refractivity contribution in [3.05, 3.63) is 65.7 Å². The van der Waals surface area contributed by atoms with Gasteiger partial charge in [-0.3, -0.25) is 9.69 Å². The average molecular weight is 381 g/mol. The summed E-state index contributed by atoms with van der Waals surface area (Å²) in [5.41, 5.74) is 0.350. The molecule has 0 aromatic heterocycles. The Bertz CT molecular complexity index is 899. The molecule has 6 heteroatoms. The van der Waals surface area contributed by atoms with Crippen LogP contribution in [0.15, 0.2) is 54.6 Å². The predicted molar refractivity (Wildman–Crippen MR) is 102 cm³/mol. The van der Waals surface area contributed by atoms with Crippen molar-refractivity contribution in [3.63, 3.8) is 0 Å². The highest BCUT2D eigenvalue weighted by atomic mass is 16.5. The third-order valence-electron chi connectivity index (χ3n) is 6.09. The van der Waals surface area contributed by atoms with E-state index in [1.807, 2.05) is 66.5 Å². The molecule has 4 unspecified atom stereocenters. The molecular formula is C22H23NO5. The molecule has 4 rings (SSSR count). The van der Waals surface area contributed by atoms with E-state index in [4.69, 9.17) is 14.2 Å². The fraction of sp³-hybridized carbons (Fsp3) is 0.364. The van der Waals surface area contributed by atoms with E-state index in [0.29, 0.717) is 12.2 Å². The first-order valence-electron chi connectivity index (χ1n) is 9.23. The van der Waals surface area contributed by atoms with Gasteiger partial charge in [0.25, 0.3) is 0 Å². The van der Waals surface area contributed by atoms with Gasteiger partial charge in [-0.25, -0.2) is 4.79 Å². The molecule has 2 aliphatic heterocycles. The summed E-state index contributed by atoms with van der Waals surface area (Å²) in [5.74, 6) is -1.18. The van der Waals surface area contributed by atoms with Crippen LogP contribution in [0.3, 0.4) is 0 Å². The second-order valence-corrected chi connectivity index (χ2v) is 7.19. The summed E-state index contributed by atoms with van der Waals surface area (Å²) in [7, 11) is 4.56. The number of hydrogen-bond donors (Lipinski definition) is 0. The van der Waals surface area contributed by atoms with Gasteiger partial charge < -0.3 is 14.2 Å². The van der Waals surface area contributed by atoms with E-state index in [0.717, 1.165) is 11.3 Å². The molecule has 0 saturated carbocycles. The fourth-order valence-corrected chi connectivity index (χ4v) is 4.98. The van der Waals surface area contributed by atoms with Crippen molar-refractivity contribution < 1.29 is 23.8 Å². The Morgan fingerprint density at radius 3 is 2.39 bits per heavy atom. The van der Waals surface area contributed by atoms with Gasteiger partial charge in [-0.05, 0) is 18.7 Å². The Balaban J connectivity index is 1.99. The third-order valence-corrected chi connectivity index (χ3v) is 6.09. The van der Waals surface area contributed by atoms with E-state index in [9.17, 15) is 9.59 Å². The normalized spacial score (nSPS) is 28.6. The highest BCUT2D eigenvalue weighted by molar-refractivity contribution is 5.91. The van der Waals surface area contributed by atoms with Crippen molar-refractivity contribution in [2.45, 2.75) is 11.6 Å². The molecule has 0 radical (unpaired) electrons. The van der Waals surface area contributed by atoms with Crippen molar-refractivity contribution in [1.29, 1.82) is 0 Å². The maximum atomic E-state index is 13.3. The summed E-state index contributed by atoms with van der Waals surface area (Å²) < 4.78 is 16.4. The van der Waals surface area contributed by atoms with Crippen molar-refractivity contribution >= 4 is 11.9 Å². The van der Waals surface area contributed by atoms with E-state index in [1.54, 1.807) is 0 Å². The molecule has 6 nitrogen and oxygen atoms in total. The number of rotatable bonds is 3. The largest absolute Gasteiger partial charge is 0.493 e. The molecule has 4 atom stereocenters. The van der Waals surface area contributed by atoms with Gasteiger partial charge >= 0.3 is 11.9 Å². The second kappa shape index (κ2) is 6.95. The third kappa shape index (κ3) is 2.37. The minimum atomic E-state index is -1.31. The summed E-state index contributed by atoms with van der Waals surface area (Å²) in [4.78, 5) is 28.3. The molecule has 0 spiro atoms. The number of methoxy groups -OCH3 is 2. The number of fused-ring (bicyclic) bond motifs is 3. The summed E-state index contributed by atoms with van der Waals surface area (Å²) in [6, 6.07) is 16.9. The molecule has 0 amide bonds. The number of nitrogens with zero attached hydrogens (tertiary/aromatic N) is 1. The van der Waals surface area contributed by atoms with Crippen LogP contribution in [0.1, 0.15) is 17.2 Å². The molecule has 2 aromatic rings. The Morgan fingerprint density at radius 2 is 1.71 bits per heavy atom. The van der Waals surface area contributed by atoms with Crippen LogP contribution in [-0.2, 0) is 24.6 Å². The zero-order chi connectivity index (χ0) is 19.9. The summed E-state index contributed by atoms with van der Waals surface area (Å²) in [6.45, 7) is 0.317. The van der Waals surface area contributed by atoms with E-state index in [2.05, 4.69) is 0 Å². The number of carbonyl (C=O) groups is 2. The number of likely N-dealkylation sites (N-methyl/N-ethyl adjacent to an activating group) is 1. The number of likely N-dealkylation sites (tertiary alicyclic amines) is 1. The van der Waals surface area contributed by atoms with Crippen LogP contribution < -0.4 is 4.74 Å². The molecule has 0 aliphatic carbocycles. The number of ether oxygens (including phenoxy) is 3. The van der Waals surface area contributed by atoms with Crippen LogP contribution in [-0.4, -0.2) is 44.7 Å². The minimum Gasteiger partial charge on any atom is -0.493 e. The quantitative estimate of drug-likeness (QED) is 0.762. The van der Waals surface area contributed by atoms with E-state index in [1.165, 1.54) is 14.2 Å². The molecule has 1 fully saturated rings. The summed E-state index contributed by atoms with van der Waals surface area (Å²) in [5, 5.41) is 0. The predicted octanol–water partition coefficient (Wildman–Crippen LogP) is 2.54. The first kappa shape index (κ1) is 18.5. The monoisotopic (exact) mass is 381 g/mol. The molecule has 146 valence electrons. The lowest BCUT2D eigenvalue weighted by atomic mass is 9.73. The van der Waals surface area contributed by atoms with E-state index >= 15 is 0 Å². The van der Waals surface area contributed by atoms with Gasteiger partial charge in [-0.2, -0.15) is 0 Å². The van der Waals surface area contributed by atoms with Crippen LogP contribution >= 0.6 is 0 Å². The molecule has 0 bridgehead atoms. The lowest BCUT2D eigenvalue weighted by Gasteiger charge is -2.38. The zero-order valence-electron chi connectivity index (χ0n) is 16.1. The number of hydrogen-bond acceptors (Lipinski definition) is 6. The maximum Gasteiger partial charge on any atom is 0.331 e. The Labute approximate surface area is 164 Å². The molecule has 2 heterocycles. The van der Waals surface area contributed by atoms with Gasteiger partial charge in [0, 0.05) is 17.5 Å². The lowest BCUT2D eigenvalue weighted by Crippen LogP contribution is -2.53. The highest BCUT2D eigenvalue weighted by Crippen LogP contribution is 2.58. The van der Waals surface area contributed by atoms with Crippen LogP contribution in [0.2, 0.25) is 0 Å². The van der Waals surface area contributed by atoms with Crippen LogP contribution in [0.5, 0.6) is 5.75 Å². The van der Waals surface area contributed by atoms with Gasteiger partial charge in [0.05, 0.1) is 26.7 Å². The van der Waals surface area contributed by atoms with Crippen molar-refractivity contribution in [3.8, 4) is 5.75 Å². The Hall–Kier alpha value is -2.86. The molecule has 1 saturated heterocycles.